The lowest BCUT2D eigenvalue weighted by Gasteiger charge is -2.51. The summed E-state index contributed by atoms with van der Waals surface area (Å²) in [6.45, 7) is 5.93. The van der Waals surface area contributed by atoms with Gasteiger partial charge in [-0.05, 0) is 76.5 Å². The second-order valence-corrected chi connectivity index (χ2v) is 10.9. The van der Waals surface area contributed by atoms with Crippen LogP contribution in [-0.4, -0.2) is 71.2 Å². The maximum Gasteiger partial charge on any atom is 0.414 e. The second-order valence-electron chi connectivity index (χ2n) is 10.9. The molecule has 0 unspecified atom stereocenters. The molecule has 0 spiro atoms. The first-order chi connectivity index (χ1) is 16.0. The zero-order chi connectivity index (χ0) is 25.4. The Hall–Kier alpha value is -1.93. The Morgan fingerprint density at radius 3 is 2.26 bits per heavy atom. The fraction of sp³-hybridized carbons (Fsp3) is 0.808. The number of carbonyl (C=O) groups is 2. The summed E-state index contributed by atoms with van der Waals surface area (Å²) in [7, 11) is 4.06. The Morgan fingerprint density at radius 1 is 1.03 bits per heavy atom. The molecule has 34 heavy (non-hydrogen) atoms. The topological polar surface area (TPSA) is 120 Å². The molecule has 0 aromatic rings. The molecule has 8 nitrogen and oxygen atoms in total. The minimum Gasteiger partial charge on any atom is -0.473 e. The van der Waals surface area contributed by atoms with Gasteiger partial charge in [0.05, 0.1) is 11.8 Å². The Kier molecular flexibility index (Phi) is 10.6. The molecule has 3 fully saturated rings. The standard InChI is InChI=1S/C24H42N2O2.C2H2O4/c1-19(18-25-28-15-14-26(3)4)16-22-11-13-24(27)17-21(10-12-23(22,24)2)20-8-6-5-7-9-20;3-1(4)2(5)6/h16,18,20-22,27H,5-15,17H2,1-4H3;(H,3,4)(H,5,6)/t21-,22+,23+,24-;/m0./s1. The number of carboxylic acid groups (broad SMARTS) is 2. The zero-order valence-corrected chi connectivity index (χ0v) is 21.3. The maximum atomic E-state index is 11.7. The molecule has 4 atom stereocenters. The highest BCUT2D eigenvalue weighted by Crippen LogP contribution is 2.61. The van der Waals surface area contributed by atoms with Gasteiger partial charge in [-0.25, -0.2) is 9.59 Å². The summed E-state index contributed by atoms with van der Waals surface area (Å²) in [6, 6.07) is 0. The van der Waals surface area contributed by atoms with Crippen molar-refractivity contribution in [2.45, 2.75) is 83.7 Å². The van der Waals surface area contributed by atoms with Crippen LogP contribution in [0.4, 0.5) is 0 Å². The first kappa shape index (κ1) is 28.3. The van der Waals surface area contributed by atoms with Crippen LogP contribution in [0.25, 0.3) is 0 Å². The van der Waals surface area contributed by atoms with Crippen LogP contribution in [0.2, 0.25) is 0 Å². The van der Waals surface area contributed by atoms with Crippen LogP contribution in [0, 0.1) is 23.2 Å². The average Bonchev–Trinajstić information content (AvgIpc) is 3.04. The van der Waals surface area contributed by atoms with Gasteiger partial charge in [-0.15, -0.1) is 0 Å². The summed E-state index contributed by atoms with van der Waals surface area (Å²) in [5.41, 5.74) is 0.683. The van der Waals surface area contributed by atoms with Crippen molar-refractivity contribution in [2.75, 3.05) is 27.2 Å². The van der Waals surface area contributed by atoms with Gasteiger partial charge in [-0.3, -0.25) is 0 Å². The second kappa shape index (κ2) is 12.7. The SMILES string of the molecule is CC(C=NOCCN(C)C)=C[C@H]1CC[C@]2(O)C[C@@H](C3CCCCC3)CC[C@]12C.O=C(O)C(=O)O. The average molecular weight is 481 g/mol. The lowest BCUT2D eigenvalue weighted by molar-refractivity contribution is -0.159. The molecular weight excluding hydrogens is 436 g/mol. The number of hydrogen-bond donors (Lipinski definition) is 3. The lowest BCUT2D eigenvalue weighted by atomic mass is 9.57. The van der Waals surface area contributed by atoms with Crippen molar-refractivity contribution in [3.8, 4) is 0 Å². The van der Waals surface area contributed by atoms with E-state index in [0.717, 1.165) is 49.6 Å². The highest BCUT2D eigenvalue weighted by atomic mass is 16.6. The van der Waals surface area contributed by atoms with Crippen LogP contribution in [0.15, 0.2) is 16.8 Å². The molecule has 0 aromatic carbocycles. The van der Waals surface area contributed by atoms with E-state index >= 15 is 0 Å². The largest absolute Gasteiger partial charge is 0.473 e. The number of likely N-dealkylation sites (N-methyl/N-ethyl adjacent to an activating group) is 1. The molecule has 0 heterocycles. The van der Waals surface area contributed by atoms with Gasteiger partial charge in [0, 0.05) is 12.0 Å². The molecule has 3 rings (SSSR count). The quantitative estimate of drug-likeness (QED) is 0.216. The van der Waals surface area contributed by atoms with Crippen molar-refractivity contribution in [1.29, 1.82) is 0 Å². The number of rotatable bonds is 7. The number of aliphatic carboxylic acids is 2. The Morgan fingerprint density at radius 2 is 1.68 bits per heavy atom. The lowest BCUT2D eigenvalue weighted by Crippen LogP contribution is -2.50. The molecule has 3 N–H and O–H groups in total. The van der Waals surface area contributed by atoms with Crippen molar-refractivity contribution < 1.29 is 29.7 Å². The Balaban J connectivity index is 0.000000604. The van der Waals surface area contributed by atoms with E-state index in [1.165, 1.54) is 38.5 Å². The molecule has 0 saturated heterocycles. The van der Waals surface area contributed by atoms with Crippen LogP contribution in [0.5, 0.6) is 0 Å². The summed E-state index contributed by atoms with van der Waals surface area (Å²) >= 11 is 0. The first-order valence-electron chi connectivity index (χ1n) is 12.7. The molecule has 3 saturated carbocycles. The summed E-state index contributed by atoms with van der Waals surface area (Å²) in [6.07, 6.45) is 16.7. The number of fused-ring (bicyclic) bond motifs is 1. The van der Waals surface area contributed by atoms with E-state index in [1.807, 2.05) is 20.3 Å². The van der Waals surface area contributed by atoms with Crippen LogP contribution in [0.3, 0.4) is 0 Å². The first-order valence-corrected chi connectivity index (χ1v) is 12.7. The molecule has 0 aliphatic heterocycles. The van der Waals surface area contributed by atoms with Crippen molar-refractivity contribution in [3.05, 3.63) is 11.6 Å². The number of oxime groups is 1. The number of hydrogen-bond acceptors (Lipinski definition) is 6. The number of allylic oxidation sites excluding steroid dienone is 2. The number of nitrogens with zero attached hydrogens (tertiary/aromatic N) is 2. The van der Waals surface area contributed by atoms with Gasteiger partial charge in [-0.2, -0.15) is 0 Å². The molecule has 0 amide bonds. The van der Waals surface area contributed by atoms with Crippen molar-refractivity contribution in [3.63, 3.8) is 0 Å². The number of aliphatic hydroxyl groups is 1. The predicted octanol–water partition coefficient (Wildman–Crippen LogP) is 4.18. The molecule has 0 radical (unpaired) electrons. The van der Waals surface area contributed by atoms with Crippen molar-refractivity contribution >= 4 is 18.2 Å². The summed E-state index contributed by atoms with van der Waals surface area (Å²) in [4.78, 5) is 25.6. The van der Waals surface area contributed by atoms with E-state index in [1.54, 1.807) is 0 Å². The monoisotopic (exact) mass is 480 g/mol. The maximum absolute atomic E-state index is 11.7. The van der Waals surface area contributed by atoms with E-state index in [2.05, 4.69) is 30.0 Å². The molecule has 3 aliphatic rings. The molecular formula is C26H44N2O6. The molecule has 194 valence electrons. The third kappa shape index (κ3) is 7.54. The molecule has 0 aromatic heterocycles. The highest BCUT2D eigenvalue weighted by Gasteiger charge is 2.58. The smallest absolute Gasteiger partial charge is 0.414 e. The summed E-state index contributed by atoms with van der Waals surface area (Å²) in [5.74, 6) is -1.60. The number of carboxylic acids is 2. The minimum atomic E-state index is -1.82. The molecule has 0 bridgehead atoms. The summed E-state index contributed by atoms with van der Waals surface area (Å²) < 4.78 is 0. The fourth-order valence-electron chi connectivity index (χ4n) is 6.15. The Labute approximate surface area is 204 Å². The van der Waals surface area contributed by atoms with Crippen LogP contribution >= 0.6 is 0 Å². The molecule has 3 aliphatic carbocycles. The highest BCUT2D eigenvalue weighted by molar-refractivity contribution is 6.27. The van der Waals surface area contributed by atoms with Gasteiger partial charge in [0.25, 0.3) is 0 Å². The van der Waals surface area contributed by atoms with Gasteiger partial charge in [-0.1, -0.05) is 50.3 Å². The predicted molar refractivity (Wildman–Crippen MR) is 132 cm³/mol. The van der Waals surface area contributed by atoms with Gasteiger partial charge >= 0.3 is 11.9 Å². The van der Waals surface area contributed by atoms with E-state index < -0.39 is 17.5 Å². The van der Waals surface area contributed by atoms with E-state index in [0.29, 0.717) is 12.5 Å². The third-order valence-corrected chi connectivity index (χ3v) is 8.31. The van der Waals surface area contributed by atoms with Gasteiger partial charge < -0.3 is 25.1 Å². The van der Waals surface area contributed by atoms with E-state index in [9.17, 15) is 5.11 Å². The summed E-state index contributed by atoms with van der Waals surface area (Å²) in [5, 5.41) is 30.6. The van der Waals surface area contributed by atoms with Gasteiger partial charge in [0.1, 0.15) is 6.61 Å². The normalized spacial score (nSPS) is 32.2. The fourth-order valence-corrected chi connectivity index (χ4v) is 6.15. The van der Waals surface area contributed by atoms with Crippen LogP contribution < -0.4 is 0 Å². The third-order valence-electron chi connectivity index (χ3n) is 8.31. The van der Waals surface area contributed by atoms with Crippen LogP contribution in [0.1, 0.15) is 78.1 Å². The zero-order valence-electron chi connectivity index (χ0n) is 21.3. The van der Waals surface area contributed by atoms with E-state index in [4.69, 9.17) is 24.6 Å². The minimum absolute atomic E-state index is 0.0129. The van der Waals surface area contributed by atoms with Gasteiger partial charge in [0.2, 0.25) is 0 Å². The van der Waals surface area contributed by atoms with E-state index in [-0.39, 0.29) is 5.41 Å². The van der Waals surface area contributed by atoms with Gasteiger partial charge in [0.15, 0.2) is 0 Å². The van der Waals surface area contributed by atoms with Crippen LogP contribution in [-0.2, 0) is 14.4 Å². The van der Waals surface area contributed by atoms with Crippen molar-refractivity contribution in [2.24, 2.45) is 28.3 Å². The molecule has 8 heteroatoms. The Bertz CT molecular complexity index is 734. The van der Waals surface area contributed by atoms with Crippen molar-refractivity contribution in [1.82, 2.24) is 4.90 Å².